The van der Waals surface area contributed by atoms with E-state index in [0.717, 1.165) is 11.1 Å². The lowest BCUT2D eigenvalue weighted by Crippen LogP contribution is -2.05. The largest absolute Gasteiger partial charge is 0.480 e. The highest BCUT2D eigenvalue weighted by atomic mass is 16.5. The quantitative estimate of drug-likeness (QED) is 0.777. The van der Waals surface area contributed by atoms with Crippen LogP contribution in [0.5, 0.6) is 5.88 Å². The second-order valence-electron chi connectivity index (χ2n) is 3.64. The number of methoxy groups -OCH3 is 2. The molecule has 4 heteroatoms. The predicted octanol–water partition coefficient (Wildman–Crippen LogP) is 2.54. The van der Waals surface area contributed by atoms with Crippen molar-refractivity contribution in [1.29, 1.82) is 0 Å². The van der Waals surface area contributed by atoms with Crippen LogP contribution in [0.3, 0.4) is 0 Å². The second kappa shape index (κ2) is 5.31. The van der Waals surface area contributed by atoms with E-state index in [1.54, 1.807) is 12.3 Å². The van der Waals surface area contributed by atoms with Gasteiger partial charge in [-0.05, 0) is 11.6 Å². The molecule has 0 unspecified atom stereocenters. The highest BCUT2D eigenvalue weighted by Crippen LogP contribution is 2.24. The summed E-state index contributed by atoms with van der Waals surface area (Å²) in [6.45, 7) is 0. The van der Waals surface area contributed by atoms with Crippen molar-refractivity contribution in [3.05, 3.63) is 48.2 Å². The average molecular weight is 243 g/mol. The van der Waals surface area contributed by atoms with Gasteiger partial charge < -0.3 is 9.47 Å². The van der Waals surface area contributed by atoms with Crippen LogP contribution in [0.15, 0.2) is 42.6 Å². The molecule has 2 rings (SSSR count). The zero-order chi connectivity index (χ0) is 13.0. The van der Waals surface area contributed by atoms with Gasteiger partial charge in [-0.1, -0.05) is 30.3 Å². The van der Waals surface area contributed by atoms with Crippen molar-refractivity contribution in [2.75, 3.05) is 14.2 Å². The van der Waals surface area contributed by atoms with E-state index in [4.69, 9.17) is 9.47 Å². The molecule has 0 aliphatic carbocycles. The summed E-state index contributed by atoms with van der Waals surface area (Å²) < 4.78 is 9.76. The first-order valence-corrected chi connectivity index (χ1v) is 5.44. The van der Waals surface area contributed by atoms with Gasteiger partial charge >= 0.3 is 5.97 Å². The Morgan fingerprint density at radius 1 is 1.11 bits per heavy atom. The number of rotatable bonds is 3. The maximum Gasteiger partial charge on any atom is 0.343 e. The Kier molecular flexibility index (Phi) is 3.57. The molecule has 0 amide bonds. The fraction of sp³-hybridized carbons (Fsp3) is 0.143. The highest BCUT2D eigenvalue weighted by Gasteiger charge is 2.15. The molecule has 0 saturated carbocycles. The normalized spacial score (nSPS) is 9.89. The van der Waals surface area contributed by atoms with Gasteiger partial charge in [0.25, 0.3) is 0 Å². The number of esters is 1. The van der Waals surface area contributed by atoms with Crippen LogP contribution in [0.1, 0.15) is 10.4 Å². The fourth-order valence-corrected chi connectivity index (χ4v) is 1.66. The van der Waals surface area contributed by atoms with Crippen molar-refractivity contribution in [2.24, 2.45) is 0 Å². The van der Waals surface area contributed by atoms with Crippen molar-refractivity contribution >= 4 is 5.97 Å². The Morgan fingerprint density at radius 3 is 2.44 bits per heavy atom. The molecule has 4 nitrogen and oxygen atoms in total. The first kappa shape index (κ1) is 12.1. The lowest BCUT2D eigenvalue weighted by molar-refractivity contribution is 0.0596. The van der Waals surface area contributed by atoms with E-state index in [2.05, 4.69) is 4.98 Å². The zero-order valence-corrected chi connectivity index (χ0v) is 10.2. The van der Waals surface area contributed by atoms with Gasteiger partial charge in [-0.2, -0.15) is 0 Å². The molecule has 0 bridgehead atoms. The van der Waals surface area contributed by atoms with E-state index in [1.165, 1.54) is 14.2 Å². The molecule has 0 saturated heterocycles. The fourth-order valence-electron chi connectivity index (χ4n) is 1.66. The van der Waals surface area contributed by atoms with Gasteiger partial charge in [0.1, 0.15) is 5.56 Å². The van der Waals surface area contributed by atoms with E-state index in [0.29, 0.717) is 5.56 Å². The molecular weight excluding hydrogens is 230 g/mol. The smallest absolute Gasteiger partial charge is 0.343 e. The molecule has 1 aromatic heterocycles. The van der Waals surface area contributed by atoms with Crippen LogP contribution in [0.2, 0.25) is 0 Å². The summed E-state index contributed by atoms with van der Waals surface area (Å²) in [6.07, 6.45) is 1.67. The third-order valence-corrected chi connectivity index (χ3v) is 2.56. The Balaban J connectivity index is 2.49. The summed E-state index contributed by atoms with van der Waals surface area (Å²) in [7, 11) is 2.80. The van der Waals surface area contributed by atoms with Crippen LogP contribution in [-0.2, 0) is 4.74 Å². The number of pyridine rings is 1. The van der Waals surface area contributed by atoms with E-state index in [-0.39, 0.29) is 5.88 Å². The number of carbonyl (C=O) groups is 1. The van der Waals surface area contributed by atoms with Crippen molar-refractivity contribution < 1.29 is 14.3 Å². The number of hydrogen-bond acceptors (Lipinski definition) is 4. The summed E-state index contributed by atoms with van der Waals surface area (Å²) in [5.74, 6) is -0.196. The van der Waals surface area contributed by atoms with Gasteiger partial charge in [-0.25, -0.2) is 9.78 Å². The van der Waals surface area contributed by atoms with Crippen molar-refractivity contribution in [3.63, 3.8) is 0 Å². The Bertz CT molecular complexity index is 552. The first-order valence-electron chi connectivity index (χ1n) is 5.44. The van der Waals surface area contributed by atoms with Crippen LogP contribution >= 0.6 is 0 Å². The molecule has 0 aliphatic rings. The van der Waals surface area contributed by atoms with Crippen LogP contribution in [0.4, 0.5) is 0 Å². The Labute approximate surface area is 105 Å². The van der Waals surface area contributed by atoms with E-state index in [9.17, 15) is 4.79 Å². The minimum atomic E-state index is -0.461. The van der Waals surface area contributed by atoms with E-state index in [1.807, 2.05) is 30.3 Å². The van der Waals surface area contributed by atoms with Crippen LogP contribution < -0.4 is 4.74 Å². The summed E-state index contributed by atoms with van der Waals surface area (Å²) >= 11 is 0. The second-order valence-corrected chi connectivity index (χ2v) is 3.64. The lowest BCUT2D eigenvalue weighted by atomic mass is 10.1. The van der Waals surface area contributed by atoms with Gasteiger partial charge in [0.15, 0.2) is 0 Å². The topological polar surface area (TPSA) is 48.4 Å². The zero-order valence-electron chi connectivity index (χ0n) is 10.2. The molecular formula is C14H13NO3. The van der Waals surface area contributed by atoms with E-state index >= 15 is 0 Å². The summed E-state index contributed by atoms with van der Waals surface area (Å²) in [5.41, 5.74) is 2.15. The number of nitrogens with zero attached hydrogens (tertiary/aromatic N) is 1. The maximum absolute atomic E-state index is 11.6. The van der Waals surface area contributed by atoms with Gasteiger partial charge in [0.2, 0.25) is 5.88 Å². The minimum Gasteiger partial charge on any atom is -0.480 e. The van der Waals surface area contributed by atoms with Gasteiger partial charge in [-0.3, -0.25) is 0 Å². The summed E-state index contributed by atoms with van der Waals surface area (Å²) in [6, 6.07) is 11.4. The molecule has 1 aromatic carbocycles. The molecule has 1 heterocycles. The van der Waals surface area contributed by atoms with Gasteiger partial charge in [0.05, 0.1) is 14.2 Å². The van der Waals surface area contributed by atoms with E-state index < -0.39 is 5.97 Å². The Hall–Kier alpha value is -2.36. The number of hydrogen-bond donors (Lipinski definition) is 0. The maximum atomic E-state index is 11.6. The monoisotopic (exact) mass is 243 g/mol. The third-order valence-electron chi connectivity index (χ3n) is 2.56. The molecule has 0 spiro atoms. The van der Waals surface area contributed by atoms with Crippen molar-refractivity contribution in [1.82, 2.24) is 4.98 Å². The van der Waals surface area contributed by atoms with Crippen LogP contribution in [-0.4, -0.2) is 25.2 Å². The Morgan fingerprint density at radius 2 is 1.83 bits per heavy atom. The molecule has 92 valence electrons. The molecule has 0 aliphatic heterocycles. The molecule has 0 N–H and O–H groups in total. The number of ether oxygens (including phenoxy) is 2. The predicted molar refractivity (Wildman–Crippen MR) is 67.6 cm³/mol. The molecule has 0 atom stereocenters. The minimum absolute atomic E-state index is 0.265. The van der Waals surface area contributed by atoms with Crippen LogP contribution in [0, 0.1) is 0 Å². The number of carbonyl (C=O) groups excluding carboxylic acids is 1. The molecule has 2 aromatic rings. The number of benzene rings is 1. The summed E-state index contributed by atoms with van der Waals surface area (Å²) in [4.78, 5) is 15.8. The van der Waals surface area contributed by atoms with Crippen molar-refractivity contribution in [3.8, 4) is 17.0 Å². The average Bonchev–Trinajstić information content (AvgIpc) is 2.46. The van der Waals surface area contributed by atoms with Gasteiger partial charge in [-0.15, -0.1) is 0 Å². The summed E-state index contributed by atoms with van der Waals surface area (Å²) in [5, 5.41) is 0. The highest BCUT2D eigenvalue weighted by molar-refractivity contribution is 5.93. The first-order chi connectivity index (χ1) is 8.76. The molecule has 0 fully saturated rings. The van der Waals surface area contributed by atoms with Gasteiger partial charge in [0, 0.05) is 11.8 Å². The molecule has 18 heavy (non-hydrogen) atoms. The molecule has 0 radical (unpaired) electrons. The standard InChI is InChI=1S/C14H13NO3/c1-17-13-12(14(16)18-2)8-11(9-15-13)10-6-4-3-5-7-10/h3-9H,1-2H3. The van der Waals surface area contributed by atoms with Crippen LogP contribution in [0.25, 0.3) is 11.1 Å². The SMILES string of the molecule is COC(=O)c1cc(-c2ccccc2)cnc1OC. The lowest BCUT2D eigenvalue weighted by Gasteiger charge is -2.08. The van der Waals surface area contributed by atoms with Crippen molar-refractivity contribution in [2.45, 2.75) is 0 Å². The third kappa shape index (κ3) is 2.32. The number of aromatic nitrogens is 1.